The van der Waals surface area contributed by atoms with E-state index < -0.39 is 5.41 Å². The zero-order chi connectivity index (χ0) is 15.2. The molecule has 1 aromatic carbocycles. The highest BCUT2D eigenvalue weighted by atomic mass is 35.5. The van der Waals surface area contributed by atoms with E-state index in [0.717, 1.165) is 0 Å². The molecule has 0 bridgehead atoms. The SMILES string of the molecule is COC(CN)CC(=O)NCC(C)(C)c1ccccc1F.Cl. The van der Waals surface area contributed by atoms with Crippen molar-refractivity contribution in [2.24, 2.45) is 5.73 Å². The molecular formula is C15H24ClFN2O2. The van der Waals surface area contributed by atoms with Gasteiger partial charge >= 0.3 is 0 Å². The monoisotopic (exact) mass is 318 g/mol. The van der Waals surface area contributed by atoms with Gasteiger partial charge in [-0.05, 0) is 11.6 Å². The van der Waals surface area contributed by atoms with Crippen LogP contribution in [0, 0.1) is 5.82 Å². The lowest BCUT2D eigenvalue weighted by Gasteiger charge is -2.26. The van der Waals surface area contributed by atoms with Crippen molar-refractivity contribution in [1.29, 1.82) is 0 Å². The molecule has 0 radical (unpaired) electrons. The first-order valence-electron chi connectivity index (χ1n) is 6.65. The van der Waals surface area contributed by atoms with Gasteiger partial charge in [-0.1, -0.05) is 32.0 Å². The number of methoxy groups -OCH3 is 1. The predicted octanol–water partition coefficient (Wildman–Crippen LogP) is 2.01. The number of nitrogens with two attached hydrogens (primary N) is 1. The summed E-state index contributed by atoms with van der Waals surface area (Å²) in [4.78, 5) is 11.8. The van der Waals surface area contributed by atoms with E-state index in [-0.39, 0.29) is 36.7 Å². The molecule has 0 aliphatic rings. The number of halogens is 2. The van der Waals surface area contributed by atoms with Crippen LogP contribution in [0.1, 0.15) is 25.8 Å². The smallest absolute Gasteiger partial charge is 0.222 e. The Balaban J connectivity index is 0.00000400. The fourth-order valence-corrected chi connectivity index (χ4v) is 1.97. The van der Waals surface area contributed by atoms with Crippen molar-refractivity contribution in [3.05, 3.63) is 35.6 Å². The van der Waals surface area contributed by atoms with Crippen LogP contribution in [-0.4, -0.2) is 32.2 Å². The van der Waals surface area contributed by atoms with Gasteiger partial charge in [0, 0.05) is 25.6 Å². The molecule has 0 aromatic heterocycles. The molecule has 3 N–H and O–H groups in total. The Morgan fingerprint density at radius 1 is 1.43 bits per heavy atom. The third kappa shape index (κ3) is 5.99. The van der Waals surface area contributed by atoms with Crippen molar-refractivity contribution in [3.8, 4) is 0 Å². The molecule has 0 aliphatic heterocycles. The topological polar surface area (TPSA) is 64.3 Å². The Kier molecular flexibility index (Phi) is 8.47. The zero-order valence-corrected chi connectivity index (χ0v) is 13.5. The van der Waals surface area contributed by atoms with Crippen LogP contribution < -0.4 is 11.1 Å². The number of carbonyl (C=O) groups is 1. The van der Waals surface area contributed by atoms with Crippen molar-refractivity contribution in [2.75, 3.05) is 20.2 Å². The molecule has 0 fully saturated rings. The number of nitrogens with one attached hydrogen (secondary N) is 1. The largest absolute Gasteiger partial charge is 0.380 e. The molecular weight excluding hydrogens is 295 g/mol. The quantitative estimate of drug-likeness (QED) is 0.808. The number of ether oxygens (including phenoxy) is 1. The highest BCUT2D eigenvalue weighted by Crippen LogP contribution is 2.24. The van der Waals surface area contributed by atoms with E-state index in [1.54, 1.807) is 18.2 Å². The summed E-state index contributed by atoms with van der Waals surface area (Å²) in [5.74, 6) is -0.407. The third-order valence-corrected chi connectivity index (χ3v) is 3.34. The lowest BCUT2D eigenvalue weighted by atomic mass is 9.84. The van der Waals surface area contributed by atoms with E-state index >= 15 is 0 Å². The van der Waals surface area contributed by atoms with E-state index in [9.17, 15) is 9.18 Å². The van der Waals surface area contributed by atoms with Crippen LogP contribution in [0.2, 0.25) is 0 Å². The molecule has 6 heteroatoms. The van der Waals surface area contributed by atoms with Crippen LogP contribution in [0.3, 0.4) is 0 Å². The second-order valence-corrected chi connectivity index (χ2v) is 5.44. The van der Waals surface area contributed by atoms with E-state index in [0.29, 0.717) is 18.7 Å². The van der Waals surface area contributed by atoms with Crippen LogP contribution in [-0.2, 0) is 14.9 Å². The number of hydrogen-bond donors (Lipinski definition) is 2. The molecule has 0 heterocycles. The summed E-state index contributed by atoms with van der Waals surface area (Å²) >= 11 is 0. The van der Waals surface area contributed by atoms with Gasteiger partial charge in [0.05, 0.1) is 12.5 Å². The maximum Gasteiger partial charge on any atom is 0.222 e. The fraction of sp³-hybridized carbons (Fsp3) is 0.533. The van der Waals surface area contributed by atoms with Gasteiger partial charge in [0.15, 0.2) is 0 Å². The van der Waals surface area contributed by atoms with Crippen molar-refractivity contribution in [3.63, 3.8) is 0 Å². The number of carbonyl (C=O) groups excluding carboxylic acids is 1. The summed E-state index contributed by atoms with van der Waals surface area (Å²) in [5, 5.41) is 2.81. The lowest BCUT2D eigenvalue weighted by molar-refractivity contribution is -0.123. The second-order valence-electron chi connectivity index (χ2n) is 5.44. The van der Waals surface area contributed by atoms with E-state index in [1.165, 1.54) is 13.2 Å². The first kappa shape index (κ1) is 19.8. The van der Waals surface area contributed by atoms with Crippen LogP contribution in [0.15, 0.2) is 24.3 Å². The van der Waals surface area contributed by atoms with Crippen molar-refractivity contribution in [1.82, 2.24) is 5.32 Å². The number of rotatable bonds is 7. The summed E-state index contributed by atoms with van der Waals surface area (Å²) in [6, 6.07) is 6.60. The molecule has 1 rings (SSSR count). The Bertz CT molecular complexity index is 451. The number of hydrogen-bond acceptors (Lipinski definition) is 3. The predicted molar refractivity (Wildman–Crippen MR) is 84.2 cm³/mol. The lowest BCUT2D eigenvalue weighted by Crippen LogP contribution is -2.39. The minimum absolute atomic E-state index is 0. The molecule has 1 amide bonds. The van der Waals surface area contributed by atoms with Gasteiger partial charge in [-0.3, -0.25) is 4.79 Å². The van der Waals surface area contributed by atoms with Gasteiger partial charge in [-0.25, -0.2) is 4.39 Å². The van der Waals surface area contributed by atoms with E-state index in [1.807, 2.05) is 13.8 Å². The summed E-state index contributed by atoms with van der Waals surface area (Å²) in [7, 11) is 1.52. The Morgan fingerprint density at radius 3 is 2.57 bits per heavy atom. The van der Waals surface area contributed by atoms with Gasteiger partial charge in [-0.2, -0.15) is 0 Å². The molecule has 0 aliphatic carbocycles. The molecule has 0 spiro atoms. The Morgan fingerprint density at radius 2 is 2.05 bits per heavy atom. The minimum atomic E-state index is -0.480. The standard InChI is InChI=1S/C15H23FN2O2.ClH/c1-15(2,12-6-4-5-7-13(12)16)10-18-14(19)8-11(9-17)20-3;/h4-7,11H,8-10,17H2,1-3H3,(H,18,19);1H. The van der Waals surface area contributed by atoms with Gasteiger partial charge in [0.25, 0.3) is 0 Å². The average Bonchev–Trinajstić information content (AvgIpc) is 2.43. The van der Waals surface area contributed by atoms with Crippen molar-refractivity contribution >= 4 is 18.3 Å². The van der Waals surface area contributed by atoms with Crippen LogP contribution >= 0.6 is 12.4 Å². The molecule has 0 saturated heterocycles. The van der Waals surface area contributed by atoms with Crippen LogP contribution in [0.5, 0.6) is 0 Å². The van der Waals surface area contributed by atoms with Crippen molar-refractivity contribution in [2.45, 2.75) is 31.8 Å². The highest BCUT2D eigenvalue weighted by molar-refractivity contribution is 5.85. The molecule has 1 atom stereocenters. The highest BCUT2D eigenvalue weighted by Gasteiger charge is 2.24. The second kappa shape index (κ2) is 8.97. The maximum absolute atomic E-state index is 13.8. The van der Waals surface area contributed by atoms with E-state index in [2.05, 4.69) is 5.32 Å². The molecule has 1 aromatic rings. The summed E-state index contributed by atoms with van der Waals surface area (Å²) in [6.45, 7) is 4.43. The van der Waals surface area contributed by atoms with Crippen molar-refractivity contribution < 1.29 is 13.9 Å². The third-order valence-electron chi connectivity index (χ3n) is 3.34. The molecule has 0 saturated carbocycles. The number of amides is 1. The maximum atomic E-state index is 13.8. The normalized spacial score (nSPS) is 12.4. The van der Waals surface area contributed by atoms with Gasteiger partial charge in [0.1, 0.15) is 5.82 Å². The summed E-state index contributed by atoms with van der Waals surface area (Å²) in [6.07, 6.45) is -0.0769. The number of benzene rings is 1. The van der Waals surface area contributed by atoms with Crippen LogP contribution in [0.4, 0.5) is 4.39 Å². The fourth-order valence-electron chi connectivity index (χ4n) is 1.97. The van der Waals surface area contributed by atoms with E-state index in [4.69, 9.17) is 10.5 Å². The summed E-state index contributed by atoms with van der Waals surface area (Å²) in [5.41, 5.74) is 5.58. The first-order valence-corrected chi connectivity index (χ1v) is 6.65. The molecule has 21 heavy (non-hydrogen) atoms. The first-order chi connectivity index (χ1) is 9.40. The van der Waals surface area contributed by atoms with Gasteiger partial charge in [0.2, 0.25) is 5.91 Å². The molecule has 120 valence electrons. The summed E-state index contributed by atoms with van der Waals surface area (Å²) < 4.78 is 18.8. The zero-order valence-electron chi connectivity index (χ0n) is 12.7. The average molecular weight is 319 g/mol. The Hall–Kier alpha value is -1.17. The minimum Gasteiger partial charge on any atom is -0.380 e. The van der Waals surface area contributed by atoms with Gasteiger partial charge in [-0.15, -0.1) is 12.4 Å². The Labute approximate surface area is 131 Å². The molecule has 4 nitrogen and oxygen atoms in total. The van der Waals surface area contributed by atoms with Crippen LogP contribution in [0.25, 0.3) is 0 Å². The molecule has 1 unspecified atom stereocenters. The van der Waals surface area contributed by atoms with Gasteiger partial charge < -0.3 is 15.8 Å².